The molecule has 0 aromatic carbocycles. The lowest BCUT2D eigenvalue weighted by Gasteiger charge is -2.07. The SMILES string of the molecule is COCCC(O)Cc1cccs1. The second-order valence-corrected chi connectivity index (χ2v) is 3.75. The van der Waals surface area contributed by atoms with Crippen molar-refractivity contribution in [2.75, 3.05) is 13.7 Å². The molecule has 0 aliphatic carbocycles. The van der Waals surface area contributed by atoms with E-state index in [1.807, 2.05) is 17.5 Å². The summed E-state index contributed by atoms with van der Waals surface area (Å²) >= 11 is 1.68. The Morgan fingerprint density at radius 1 is 1.67 bits per heavy atom. The number of hydrogen-bond acceptors (Lipinski definition) is 3. The highest BCUT2D eigenvalue weighted by atomic mass is 32.1. The van der Waals surface area contributed by atoms with Crippen LogP contribution in [0.2, 0.25) is 0 Å². The maximum absolute atomic E-state index is 9.48. The Morgan fingerprint density at radius 2 is 2.50 bits per heavy atom. The van der Waals surface area contributed by atoms with E-state index < -0.39 is 0 Å². The lowest BCUT2D eigenvalue weighted by Crippen LogP contribution is -2.12. The highest BCUT2D eigenvalue weighted by Crippen LogP contribution is 2.12. The minimum absolute atomic E-state index is 0.261. The molecule has 0 aliphatic heterocycles. The molecule has 0 saturated carbocycles. The van der Waals surface area contributed by atoms with Gasteiger partial charge >= 0.3 is 0 Å². The van der Waals surface area contributed by atoms with Crippen molar-refractivity contribution in [3.05, 3.63) is 22.4 Å². The molecule has 1 aromatic heterocycles. The number of methoxy groups -OCH3 is 1. The third kappa shape index (κ3) is 3.34. The first-order chi connectivity index (χ1) is 5.83. The van der Waals surface area contributed by atoms with Gasteiger partial charge in [0, 0.05) is 25.0 Å². The molecule has 1 N–H and O–H groups in total. The van der Waals surface area contributed by atoms with Crippen molar-refractivity contribution in [3.8, 4) is 0 Å². The first kappa shape index (κ1) is 9.71. The first-order valence-corrected chi connectivity index (χ1v) is 4.90. The number of aliphatic hydroxyl groups excluding tert-OH is 1. The molecule has 1 rings (SSSR count). The number of ether oxygens (including phenoxy) is 1. The average molecular weight is 186 g/mol. The summed E-state index contributed by atoms with van der Waals surface area (Å²) in [6.07, 6.45) is 1.21. The van der Waals surface area contributed by atoms with Gasteiger partial charge in [-0.2, -0.15) is 0 Å². The maximum Gasteiger partial charge on any atom is 0.0610 e. The molecule has 2 nitrogen and oxygen atoms in total. The van der Waals surface area contributed by atoms with Gasteiger partial charge in [-0.1, -0.05) is 6.07 Å². The molecule has 0 saturated heterocycles. The smallest absolute Gasteiger partial charge is 0.0610 e. The molecule has 12 heavy (non-hydrogen) atoms. The Labute approximate surface area is 76.8 Å². The van der Waals surface area contributed by atoms with Gasteiger partial charge in [-0.15, -0.1) is 11.3 Å². The maximum atomic E-state index is 9.48. The van der Waals surface area contributed by atoms with E-state index in [-0.39, 0.29) is 6.10 Å². The highest BCUT2D eigenvalue weighted by molar-refractivity contribution is 7.09. The molecule has 1 aromatic rings. The number of hydrogen-bond donors (Lipinski definition) is 1. The molecule has 1 unspecified atom stereocenters. The third-order valence-corrected chi connectivity index (χ3v) is 2.57. The average Bonchev–Trinajstić information content (AvgIpc) is 2.53. The predicted octanol–water partition coefficient (Wildman–Crippen LogP) is 1.69. The van der Waals surface area contributed by atoms with Crippen molar-refractivity contribution in [2.24, 2.45) is 0 Å². The van der Waals surface area contributed by atoms with Crippen LogP contribution in [-0.2, 0) is 11.2 Å². The van der Waals surface area contributed by atoms with Crippen LogP contribution < -0.4 is 0 Å². The van der Waals surface area contributed by atoms with Crippen LogP contribution in [0.5, 0.6) is 0 Å². The molecular formula is C9H14O2S. The fraction of sp³-hybridized carbons (Fsp3) is 0.556. The van der Waals surface area contributed by atoms with Gasteiger partial charge in [-0.3, -0.25) is 0 Å². The van der Waals surface area contributed by atoms with Crippen molar-refractivity contribution in [2.45, 2.75) is 18.9 Å². The lowest BCUT2D eigenvalue weighted by atomic mass is 10.2. The summed E-state index contributed by atoms with van der Waals surface area (Å²) in [7, 11) is 1.65. The standard InChI is InChI=1S/C9H14O2S/c1-11-5-4-8(10)7-9-3-2-6-12-9/h2-3,6,8,10H,4-5,7H2,1H3. The summed E-state index contributed by atoms with van der Waals surface area (Å²) in [6.45, 7) is 0.631. The van der Waals surface area contributed by atoms with Crippen molar-refractivity contribution < 1.29 is 9.84 Å². The summed E-state index contributed by atoms with van der Waals surface area (Å²) in [5.41, 5.74) is 0. The van der Waals surface area contributed by atoms with Crippen LogP contribution in [-0.4, -0.2) is 24.9 Å². The normalized spacial score (nSPS) is 13.2. The van der Waals surface area contributed by atoms with Crippen molar-refractivity contribution >= 4 is 11.3 Å². The fourth-order valence-corrected chi connectivity index (χ4v) is 1.79. The third-order valence-electron chi connectivity index (χ3n) is 1.67. The van der Waals surface area contributed by atoms with Gasteiger partial charge in [0.15, 0.2) is 0 Å². The minimum atomic E-state index is -0.261. The van der Waals surface area contributed by atoms with E-state index in [9.17, 15) is 5.11 Å². The van der Waals surface area contributed by atoms with Gasteiger partial charge in [-0.05, 0) is 17.9 Å². The molecule has 1 atom stereocenters. The Hall–Kier alpha value is -0.380. The summed E-state index contributed by atoms with van der Waals surface area (Å²) in [5.74, 6) is 0. The molecular weight excluding hydrogens is 172 g/mol. The van der Waals surface area contributed by atoms with Crippen LogP contribution in [0.25, 0.3) is 0 Å². The molecule has 0 aliphatic rings. The highest BCUT2D eigenvalue weighted by Gasteiger charge is 2.05. The van der Waals surface area contributed by atoms with E-state index in [2.05, 4.69) is 0 Å². The Bertz CT molecular complexity index is 196. The zero-order valence-corrected chi connectivity index (χ0v) is 8.01. The van der Waals surface area contributed by atoms with Crippen molar-refractivity contribution in [1.82, 2.24) is 0 Å². The monoisotopic (exact) mass is 186 g/mol. The van der Waals surface area contributed by atoms with Gasteiger partial charge in [-0.25, -0.2) is 0 Å². The van der Waals surface area contributed by atoms with E-state index in [1.54, 1.807) is 18.4 Å². The van der Waals surface area contributed by atoms with E-state index in [4.69, 9.17) is 4.74 Å². The summed E-state index contributed by atoms with van der Waals surface area (Å²) in [5, 5.41) is 11.5. The van der Waals surface area contributed by atoms with Crippen LogP contribution in [0.15, 0.2) is 17.5 Å². The molecule has 0 spiro atoms. The van der Waals surface area contributed by atoms with Crippen LogP contribution in [0, 0.1) is 0 Å². The molecule has 0 radical (unpaired) electrons. The Kier molecular flexibility index (Phi) is 4.29. The summed E-state index contributed by atoms with van der Waals surface area (Å²) in [4.78, 5) is 1.23. The molecule has 0 amide bonds. The van der Waals surface area contributed by atoms with Crippen LogP contribution >= 0.6 is 11.3 Å². The number of rotatable bonds is 5. The summed E-state index contributed by atoms with van der Waals surface area (Å²) < 4.78 is 4.88. The molecule has 1 heterocycles. The Balaban J connectivity index is 2.22. The van der Waals surface area contributed by atoms with Crippen LogP contribution in [0.3, 0.4) is 0 Å². The topological polar surface area (TPSA) is 29.5 Å². The van der Waals surface area contributed by atoms with E-state index in [0.29, 0.717) is 13.0 Å². The van der Waals surface area contributed by atoms with Gasteiger partial charge in [0.25, 0.3) is 0 Å². The predicted molar refractivity (Wildman–Crippen MR) is 50.5 cm³/mol. The van der Waals surface area contributed by atoms with Gasteiger partial charge in [0.1, 0.15) is 0 Å². The number of thiophene rings is 1. The van der Waals surface area contributed by atoms with Crippen molar-refractivity contribution in [1.29, 1.82) is 0 Å². The number of aliphatic hydroxyl groups is 1. The van der Waals surface area contributed by atoms with Crippen molar-refractivity contribution in [3.63, 3.8) is 0 Å². The van der Waals surface area contributed by atoms with Crippen LogP contribution in [0.1, 0.15) is 11.3 Å². The lowest BCUT2D eigenvalue weighted by molar-refractivity contribution is 0.110. The van der Waals surface area contributed by atoms with E-state index in [1.165, 1.54) is 4.88 Å². The zero-order valence-electron chi connectivity index (χ0n) is 7.19. The second-order valence-electron chi connectivity index (χ2n) is 2.72. The quantitative estimate of drug-likeness (QED) is 0.758. The minimum Gasteiger partial charge on any atom is -0.393 e. The van der Waals surface area contributed by atoms with Gasteiger partial charge in [0.05, 0.1) is 6.10 Å². The Morgan fingerprint density at radius 3 is 3.08 bits per heavy atom. The van der Waals surface area contributed by atoms with E-state index >= 15 is 0 Å². The first-order valence-electron chi connectivity index (χ1n) is 4.02. The molecule has 0 fully saturated rings. The molecule has 0 bridgehead atoms. The molecule has 3 heteroatoms. The second kappa shape index (κ2) is 5.30. The molecule has 68 valence electrons. The van der Waals surface area contributed by atoms with E-state index in [0.717, 1.165) is 6.42 Å². The largest absolute Gasteiger partial charge is 0.393 e. The van der Waals surface area contributed by atoms with Gasteiger partial charge in [0.2, 0.25) is 0 Å². The van der Waals surface area contributed by atoms with Gasteiger partial charge < -0.3 is 9.84 Å². The van der Waals surface area contributed by atoms with Crippen LogP contribution in [0.4, 0.5) is 0 Å². The zero-order chi connectivity index (χ0) is 8.81. The summed E-state index contributed by atoms with van der Waals surface area (Å²) in [6, 6.07) is 4.05. The fourth-order valence-electron chi connectivity index (χ4n) is 1.02.